The number of piperidine rings is 1. The minimum absolute atomic E-state index is 0.0441. The number of β-amino-alcohol motifs (C(OH)–C–C–N with tert-alkyl or cyclic N) is 1. The third kappa shape index (κ3) is 7.00. The number of anilines is 2. The van der Waals surface area contributed by atoms with Crippen LogP contribution in [0.4, 0.5) is 29.2 Å². The number of alkyl halides is 3. The molecule has 0 amide bonds. The zero-order valence-corrected chi connectivity index (χ0v) is 19.8. The number of ketones is 1. The molecule has 1 aromatic rings. The number of aliphatic hydroxyl groups excluding tert-OH is 1. The van der Waals surface area contributed by atoms with Gasteiger partial charge in [0.1, 0.15) is 12.1 Å². The SMILES string of the molecule is CCN(CC1CCC(C(F)(F)F)CC1)c1ncnc(NCC2CCN(CC(C)=O)C[C@@H]2O)c1F. The molecule has 1 saturated heterocycles. The number of hydrogen-bond acceptors (Lipinski definition) is 7. The lowest BCUT2D eigenvalue weighted by Gasteiger charge is -2.35. The molecule has 1 aliphatic heterocycles. The maximum atomic E-state index is 15.3. The molecule has 1 aromatic heterocycles. The number of aromatic nitrogens is 2. The second kappa shape index (κ2) is 11.6. The molecule has 0 bridgehead atoms. The maximum Gasteiger partial charge on any atom is 0.391 e. The fraction of sp³-hybridized carbons (Fsp3) is 0.783. The molecule has 2 aliphatic rings. The highest BCUT2D eigenvalue weighted by molar-refractivity contribution is 5.77. The van der Waals surface area contributed by atoms with Gasteiger partial charge < -0.3 is 15.3 Å². The first-order valence-corrected chi connectivity index (χ1v) is 12.0. The van der Waals surface area contributed by atoms with Crippen molar-refractivity contribution < 1.29 is 27.5 Å². The van der Waals surface area contributed by atoms with Gasteiger partial charge >= 0.3 is 6.18 Å². The number of likely N-dealkylation sites (tertiary alicyclic amines) is 1. The largest absolute Gasteiger partial charge is 0.391 e. The van der Waals surface area contributed by atoms with Crippen molar-refractivity contribution in [1.29, 1.82) is 0 Å². The molecule has 1 unspecified atom stereocenters. The summed E-state index contributed by atoms with van der Waals surface area (Å²) in [5.74, 6) is -1.66. The summed E-state index contributed by atoms with van der Waals surface area (Å²) in [6.45, 7) is 6.01. The Hall–Kier alpha value is -2.01. The molecule has 7 nitrogen and oxygen atoms in total. The van der Waals surface area contributed by atoms with E-state index in [0.29, 0.717) is 58.5 Å². The third-order valence-corrected chi connectivity index (χ3v) is 7.02. The van der Waals surface area contributed by atoms with Crippen molar-refractivity contribution in [3.63, 3.8) is 0 Å². The van der Waals surface area contributed by atoms with Gasteiger partial charge in [-0.1, -0.05) is 0 Å². The summed E-state index contributed by atoms with van der Waals surface area (Å²) < 4.78 is 54.1. The number of carbonyl (C=O) groups is 1. The lowest BCUT2D eigenvalue weighted by Crippen LogP contribution is -2.47. The van der Waals surface area contributed by atoms with Crippen LogP contribution in [0.25, 0.3) is 0 Å². The van der Waals surface area contributed by atoms with Crippen LogP contribution in [0.5, 0.6) is 0 Å². The number of aliphatic hydroxyl groups is 1. The maximum absolute atomic E-state index is 15.3. The van der Waals surface area contributed by atoms with E-state index in [1.807, 2.05) is 11.8 Å². The van der Waals surface area contributed by atoms with Crippen LogP contribution in [0.15, 0.2) is 6.33 Å². The Kier molecular flexibility index (Phi) is 9.08. The summed E-state index contributed by atoms with van der Waals surface area (Å²) in [5.41, 5.74) is 0. The van der Waals surface area contributed by atoms with Gasteiger partial charge in [-0.05, 0) is 58.4 Å². The Labute approximate surface area is 197 Å². The molecule has 2 fully saturated rings. The lowest BCUT2D eigenvalue weighted by molar-refractivity contribution is -0.183. The number of hydrogen-bond donors (Lipinski definition) is 2. The van der Waals surface area contributed by atoms with Crippen LogP contribution in [0.1, 0.15) is 46.0 Å². The number of halogens is 4. The number of nitrogens with one attached hydrogen (secondary N) is 1. The van der Waals surface area contributed by atoms with Crippen LogP contribution in [-0.4, -0.2) is 77.3 Å². The Balaban J connectivity index is 1.57. The number of carbonyl (C=O) groups excluding carboxylic acids is 1. The van der Waals surface area contributed by atoms with Crippen molar-refractivity contribution in [3.05, 3.63) is 12.1 Å². The first kappa shape index (κ1) is 26.6. The standard InChI is InChI=1S/C23H35F4N5O2/c1-3-32(12-16-4-6-18(7-5-16)23(25,26)27)22-20(24)21(29-14-30-22)28-10-17-8-9-31(11-15(2)33)13-19(17)34/h14,16-19,34H,3-13H2,1-2H3,(H,28,29,30)/t16?,17?,18?,19-/m0/s1. The van der Waals surface area contributed by atoms with Gasteiger partial charge in [-0.3, -0.25) is 9.69 Å². The summed E-state index contributed by atoms with van der Waals surface area (Å²) in [7, 11) is 0. The first-order valence-electron chi connectivity index (χ1n) is 12.0. The zero-order chi connectivity index (χ0) is 24.9. The highest BCUT2D eigenvalue weighted by atomic mass is 19.4. The molecule has 34 heavy (non-hydrogen) atoms. The Bertz CT molecular complexity index is 817. The van der Waals surface area contributed by atoms with E-state index in [-0.39, 0.29) is 42.1 Å². The summed E-state index contributed by atoms with van der Waals surface area (Å²) in [6.07, 6.45) is -1.71. The second-order valence-electron chi connectivity index (χ2n) is 9.59. The summed E-state index contributed by atoms with van der Waals surface area (Å²) in [5, 5.41) is 13.4. The summed E-state index contributed by atoms with van der Waals surface area (Å²) in [4.78, 5) is 23.1. The molecular formula is C23H35F4N5O2. The molecule has 11 heteroatoms. The van der Waals surface area contributed by atoms with E-state index in [2.05, 4.69) is 15.3 Å². The van der Waals surface area contributed by atoms with E-state index in [0.717, 1.165) is 0 Å². The van der Waals surface area contributed by atoms with E-state index < -0.39 is 24.0 Å². The average molecular weight is 490 g/mol. The minimum Gasteiger partial charge on any atom is -0.391 e. The quantitative estimate of drug-likeness (QED) is 0.514. The zero-order valence-electron chi connectivity index (χ0n) is 19.8. The Morgan fingerprint density at radius 3 is 2.53 bits per heavy atom. The predicted octanol–water partition coefficient (Wildman–Crippen LogP) is 3.49. The van der Waals surface area contributed by atoms with E-state index in [4.69, 9.17) is 0 Å². The van der Waals surface area contributed by atoms with Crippen molar-refractivity contribution in [2.45, 2.75) is 58.2 Å². The summed E-state index contributed by atoms with van der Waals surface area (Å²) in [6, 6.07) is 0. The van der Waals surface area contributed by atoms with Crippen LogP contribution in [0, 0.1) is 23.6 Å². The van der Waals surface area contributed by atoms with Crippen molar-refractivity contribution in [3.8, 4) is 0 Å². The van der Waals surface area contributed by atoms with Gasteiger partial charge in [0.2, 0.25) is 5.82 Å². The van der Waals surface area contributed by atoms with E-state index in [1.165, 1.54) is 13.3 Å². The number of rotatable bonds is 9. The molecule has 1 aliphatic carbocycles. The molecule has 1 saturated carbocycles. The highest BCUT2D eigenvalue weighted by Crippen LogP contribution is 2.40. The Morgan fingerprint density at radius 1 is 1.24 bits per heavy atom. The van der Waals surface area contributed by atoms with Crippen molar-refractivity contribution in [2.24, 2.45) is 17.8 Å². The molecule has 2 N–H and O–H groups in total. The van der Waals surface area contributed by atoms with Gasteiger partial charge in [0.05, 0.1) is 18.6 Å². The van der Waals surface area contributed by atoms with Gasteiger partial charge in [-0.15, -0.1) is 0 Å². The fourth-order valence-corrected chi connectivity index (χ4v) is 5.02. The molecule has 0 radical (unpaired) electrons. The molecular weight excluding hydrogens is 454 g/mol. The predicted molar refractivity (Wildman–Crippen MR) is 121 cm³/mol. The minimum atomic E-state index is -4.15. The lowest BCUT2D eigenvalue weighted by atomic mass is 9.81. The Morgan fingerprint density at radius 2 is 1.94 bits per heavy atom. The van der Waals surface area contributed by atoms with E-state index >= 15 is 4.39 Å². The van der Waals surface area contributed by atoms with Crippen molar-refractivity contribution in [1.82, 2.24) is 14.9 Å². The molecule has 192 valence electrons. The first-order chi connectivity index (χ1) is 16.1. The monoisotopic (exact) mass is 489 g/mol. The van der Waals surface area contributed by atoms with Gasteiger partial charge in [0, 0.05) is 32.1 Å². The molecule has 2 atom stereocenters. The fourth-order valence-electron chi connectivity index (χ4n) is 5.02. The van der Waals surface area contributed by atoms with Crippen LogP contribution in [-0.2, 0) is 4.79 Å². The van der Waals surface area contributed by atoms with Crippen LogP contribution >= 0.6 is 0 Å². The van der Waals surface area contributed by atoms with Gasteiger partial charge in [-0.2, -0.15) is 17.6 Å². The topological polar surface area (TPSA) is 81.6 Å². The van der Waals surface area contributed by atoms with Crippen LogP contribution in [0.3, 0.4) is 0 Å². The van der Waals surface area contributed by atoms with Crippen molar-refractivity contribution in [2.75, 3.05) is 49.5 Å². The van der Waals surface area contributed by atoms with Crippen LogP contribution in [0.2, 0.25) is 0 Å². The van der Waals surface area contributed by atoms with Crippen LogP contribution < -0.4 is 10.2 Å². The van der Waals surface area contributed by atoms with Gasteiger partial charge in [0.15, 0.2) is 11.6 Å². The highest BCUT2D eigenvalue weighted by Gasteiger charge is 2.41. The van der Waals surface area contributed by atoms with E-state index in [9.17, 15) is 23.1 Å². The average Bonchev–Trinajstić information content (AvgIpc) is 2.77. The number of nitrogens with zero attached hydrogens (tertiary/aromatic N) is 4. The van der Waals surface area contributed by atoms with Gasteiger partial charge in [-0.25, -0.2) is 9.97 Å². The molecule has 3 rings (SSSR count). The molecule has 2 heterocycles. The smallest absolute Gasteiger partial charge is 0.391 e. The molecule has 0 spiro atoms. The third-order valence-electron chi connectivity index (χ3n) is 7.02. The summed E-state index contributed by atoms with van der Waals surface area (Å²) >= 11 is 0. The van der Waals surface area contributed by atoms with E-state index in [1.54, 1.807) is 4.90 Å². The normalized spacial score (nSPS) is 26.3. The molecule has 0 aromatic carbocycles. The number of Topliss-reactive ketones (excluding diaryl/α,β-unsaturated/α-hetero) is 1. The van der Waals surface area contributed by atoms with Crippen molar-refractivity contribution >= 4 is 17.4 Å². The second-order valence-corrected chi connectivity index (χ2v) is 9.59. The van der Waals surface area contributed by atoms with Gasteiger partial charge in [0.25, 0.3) is 0 Å².